The number of benzene rings is 1. The third-order valence-corrected chi connectivity index (χ3v) is 4.73. The standard InChI is InChI=1S/C18H24N4O2/c1-14-19-8-9-21(14)13-18(23)22-11-10-20(2)17(12-22)15-4-6-16(24-3)7-5-15/h4-9,17H,10-13H2,1-3H3/t17-/m0/s1. The van der Waals surface area contributed by atoms with Gasteiger partial charge in [0.15, 0.2) is 0 Å². The van der Waals surface area contributed by atoms with E-state index in [1.165, 1.54) is 5.56 Å². The Labute approximate surface area is 142 Å². The van der Waals surface area contributed by atoms with E-state index in [1.807, 2.05) is 34.7 Å². The zero-order valence-electron chi connectivity index (χ0n) is 14.5. The van der Waals surface area contributed by atoms with E-state index in [9.17, 15) is 4.79 Å². The summed E-state index contributed by atoms with van der Waals surface area (Å²) in [6, 6.07) is 8.30. The number of aryl methyl sites for hydroxylation is 1. The molecule has 6 heteroatoms. The van der Waals surface area contributed by atoms with Crippen LogP contribution in [0.3, 0.4) is 0 Å². The number of hydrogen-bond donors (Lipinski definition) is 0. The van der Waals surface area contributed by atoms with E-state index in [0.29, 0.717) is 13.1 Å². The van der Waals surface area contributed by atoms with E-state index in [0.717, 1.165) is 24.7 Å². The highest BCUT2D eigenvalue weighted by Crippen LogP contribution is 2.26. The van der Waals surface area contributed by atoms with Gasteiger partial charge in [-0.2, -0.15) is 0 Å². The molecule has 0 unspecified atom stereocenters. The number of rotatable bonds is 4. The van der Waals surface area contributed by atoms with Crippen LogP contribution in [0.5, 0.6) is 5.75 Å². The van der Waals surface area contributed by atoms with E-state index in [4.69, 9.17) is 4.74 Å². The van der Waals surface area contributed by atoms with Crippen molar-refractivity contribution in [1.82, 2.24) is 19.4 Å². The molecule has 24 heavy (non-hydrogen) atoms. The molecule has 1 aliphatic rings. The Kier molecular flexibility index (Phi) is 4.85. The van der Waals surface area contributed by atoms with E-state index < -0.39 is 0 Å². The van der Waals surface area contributed by atoms with E-state index in [2.05, 4.69) is 29.1 Å². The highest BCUT2D eigenvalue weighted by Gasteiger charge is 2.28. The van der Waals surface area contributed by atoms with Crippen LogP contribution in [0.2, 0.25) is 0 Å². The number of nitrogens with zero attached hydrogens (tertiary/aromatic N) is 4. The second-order valence-electron chi connectivity index (χ2n) is 6.21. The largest absolute Gasteiger partial charge is 0.497 e. The summed E-state index contributed by atoms with van der Waals surface area (Å²) < 4.78 is 7.12. The fourth-order valence-electron chi connectivity index (χ4n) is 3.10. The quantitative estimate of drug-likeness (QED) is 0.857. The summed E-state index contributed by atoms with van der Waals surface area (Å²) in [5.41, 5.74) is 1.20. The van der Waals surface area contributed by atoms with Crippen LogP contribution in [-0.4, -0.2) is 59.0 Å². The number of aromatic nitrogens is 2. The van der Waals surface area contributed by atoms with Crippen molar-refractivity contribution in [1.29, 1.82) is 0 Å². The first-order valence-corrected chi connectivity index (χ1v) is 8.18. The first kappa shape index (κ1) is 16.5. The fraction of sp³-hybridized carbons (Fsp3) is 0.444. The fourth-order valence-corrected chi connectivity index (χ4v) is 3.10. The van der Waals surface area contributed by atoms with Gasteiger partial charge < -0.3 is 14.2 Å². The van der Waals surface area contributed by atoms with Crippen molar-refractivity contribution in [2.45, 2.75) is 19.5 Å². The first-order chi connectivity index (χ1) is 11.6. The van der Waals surface area contributed by atoms with Crippen LogP contribution in [0.1, 0.15) is 17.4 Å². The number of amides is 1. The lowest BCUT2D eigenvalue weighted by Crippen LogP contribution is -2.49. The lowest BCUT2D eigenvalue weighted by atomic mass is 10.0. The highest BCUT2D eigenvalue weighted by atomic mass is 16.5. The minimum absolute atomic E-state index is 0.141. The molecule has 1 saturated heterocycles. The second-order valence-corrected chi connectivity index (χ2v) is 6.21. The zero-order valence-corrected chi connectivity index (χ0v) is 14.5. The normalized spacial score (nSPS) is 18.6. The minimum Gasteiger partial charge on any atom is -0.497 e. The maximum absolute atomic E-state index is 12.6. The number of ether oxygens (including phenoxy) is 1. The van der Waals surface area contributed by atoms with Gasteiger partial charge in [-0.25, -0.2) is 4.98 Å². The molecule has 0 bridgehead atoms. The Morgan fingerprint density at radius 2 is 2.04 bits per heavy atom. The predicted molar refractivity (Wildman–Crippen MR) is 91.9 cm³/mol. The SMILES string of the molecule is COc1ccc([C@@H]2CN(C(=O)Cn3ccnc3C)CCN2C)cc1. The molecular weight excluding hydrogens is 304 g/mol. The summed E-state index contributed by atoms with van der Waals surface area (Å²) in [7, 11) is 3.77. The molecule has 1 aromatic carbocycles. The Balaban J connectivity index is 1.70. The van der Waals surface area contributed by atoms with Crippen molar-refractivity contribution in [3.05, 3.63) is 48.0 Å². The summed E-state index contributed by atoms with van der Waals surface area (Å²) in [6.45, 7) is 4.60. The Morgan fingerprint density at radius 3 is 2.67 bits per heavy atom. The molecule has 1 amide bonds. The number of carbonyl (C=O) groups excluding carboxylic acids is 1. The summed E-state index contributed by atoms with van der Waals surface area (Å²) in [5.74, 6) is 1.85. The molecule has 2 aromatic rings. The van der Waals surface area contributed by atoms with E-state index >= 15 is 0 Å². The van der Waals surface area contributed by atoms with Crippen LogP contribution in [0.25, 0.3) is 0 Å². The predicted octanol–water partition coefficient (Wildman–Crippen LogP) is 1.72. The third-order valence-electron chi connectivity index (χ3n) is 4.73. The number of methoxy groups -OCH3 is 1. The zero-order chi connectivity index (χ0) is 17.1. The molecule has 0 spiro atoms. The van der Waals surface area contributed by atoms with Crippen LogP contribution in [-0.2, 0) is 11.3 Å². The van der Waals surface area contributed by atoms with Crippen LogP contribution >= 0.6 is 0 Å². The maximum atomic E-state index is 12.6. The van der Waals surface area contributed by atoms with Gasteiger partial charge in [-0.3, -0.25) is 9.69 Å². The topological polar surface area (TPSA) is 50.6 Å². The van der Waals surface area contributed by atoms with Crippen molar-refractivity contribution in [3.8, 4) is 5.75 Å². The average molecular weight is 328 g/mol. The molecular formula is C18H24N4O2. The second kappa shape index (κ2) is 7.05. The van der Waals surface area contributed by atoms with Gasteiger partial charge in [0.1, 0.15) is 18.1 Å². The monoisotopic (exact) mass is 328 g/mol. The van der Waals surface area contributed by atoms with Gasteiger partial charge in [0.25, 0.3) is 0 Å². The molecule has 2 heterocycles. The van der Waals surface area contributed by atoms with Crippen LogP contribution in [0.4, 0.5) is 0 Å². The molecule has 0 radical (unpaired) electrons. The molecule has 0 N–H and O–H groups in total. The Bertz CT molecular complexity index is 695. The number of imidazole rings is 1. The minimum atomic E-state index is 0.141. The highest BCUT2D eigenvalue weighted by molar-refractivity contribution is 5.76. The van der Waals surface area contributed by atoms with Gasteiger partial charge in [0.2, 0.25) is 5.91 Å². The molecule has 6 nitrogen and oxygen atoms in total. The Hall–Kier alpha value is -2.34. The molecule has 1 atom stereocenters. The summed E-state index contributed by atoms with van der Waals surface area (Å²) in [5, 5.41) is 0. The smallest absolute Gasteiger partial charge is 0.242 e. The van der Waals surface area contributed by atoms with Crippen molar-refractivity contribution >= 4 is 5.91 Å². The summed E-state index contributed by atoms with van der Waals surface area (Å²) >= 11 is 0. The van der Waals surface area contributed by atoms with Crippen molar-refractivity contribution in [3.63, 3.8) is 0 Å². The van der Waals surface area contributed by atoms with Gasteiger partial charge in [0.05, 0.1) is 13.2 Å². The number of hydrogen-bond acceptors (Lipinski definition) is 4. The molecule has 0 aliphatic carbocycles. The summed E-state index contributed by atoms with van der Waals surface area (Å²) in [4.78, 5) is 21.1. The molecule has 3 rings (SSSR count). The number of likely N-dealkylation sites (N-methyl/N-ethyl adjacent to an activating group) is 1. The van der Waals surface area contributed by atoms with Gasteiger partial charge in [0, 0.05) is 32.0 Å². The van der Waals surface area contributed by atoms with Gasteiger partial charge in [-0.1, -0.05) is 12.1 Å². The van der Waals surface area contributed by atoms with Crippen molar-refractivity contribution in [2.24, 2.45) is 0 Å². The Morgan fingerprint density at radius 1 is 1.29 bits per heavy atom. The third kappa shape index (κ3) is 3.43. The summed E-state index contributed by atoms with van der Waals surface area (Å²) in [6.07, 6.45) is 3.58. The maximum Gasteiger partial charge on any atom is 0.242 e. The van der Waals surface area contributed by atoms with E-state index in [-0.39, 0.29) is 11.9 Å². The molecule has 1 aromatic heterocycles. The number of piperazine rings is 1. The van der Waals surface area contributed by atoms with Crippen molar-refractivity contribution < 1.29 is 9.53 Å². The van der Waals surface area contributed by atoms with Gasteiger partial charge >= 0.3 is 0 Å². The molecule has 0 saturated carbocycles. The molecule has 128 valence electrons. The molecule has 1 fully saturated rings. The lowest BCUT2D eigenvalue weighted by Gasteiger charge is -2.39. The van der Waals surface area contributed by atoms with Crippen molar-refractivity contribution in [2.75, 3.05) is 33.8 Å². The van der Waals surface area contributed by atoms with Gasteiger partial charge in [-0.05, 0) is 31.7 Å². The van der Waals surface area contributed by atoms with Gasteiger partial charge in [-0.15, -0.1) is 0 Å². The lowest BCUT2D eigenvalue weighted by molar-refractivity contribution is -0.134. The number of carbonyl (C=O) groups is 1. The first-order valence-electron chi connectivity index (χ1n) is 8.18. The average Bonchev–Trinajstić information content (AvgIpc) is 3.00. The van der Waals surface area contributed by atoms with E-state index in [1.54, 1.807) is 13.3 Å². The van der Waals surface area contributed by atoms with Crippen LogP contribution < -0.4 is 4.74 Å². The molecule has 1 aliphatic heterocycles. The van der Waals surface area contributed by atoms with Crippen LogP contribution in [0, 0.1) is 6.92 Å². The van der Waals surface area contributed by atoms with Crippen LogP contribution in [0.15, 0.2) is 36.7 Å².